The SMILES string of the molecule is NC(=O)C(=Cn1nc(-c2ccccc2C(F)(F)F)nc1-c1ccccc1C(F)(F)F)c1ccc(F)nc1. The molecule has 0 fully saturated rings. The second-order valence-electron chi connectivity index (χ2n) is 7.57. The van der Waals surface area contributed by atoms with Crippen LogP contribution in [-0.4, -0.2) is 25.7 Å². The predicted molar refractivity (Wildman–Crippen MR) is 118 cm³/mol. The molecule has 0 aliphatic rings. The first kappa shape index (κ1) is 25.5. The molecule has 0 saturated carbocycles. The molecule has 0 saturated heterocycles. The maximum absolute atomic E-state index is 13.8. The van der Waals surface area contributed by atoms with Crippen LogP contribution >= 0.6 is 0 Å². The summed E-state index contributed by atoms with van der Waals surface area (Å²) >= 11 is 0. The minimum absolute atomic E-state index is 0.0169. The normalized spacial score (nSPS) is 12.6. The van der Waals surface area contributed by atoms with Crippen molar-refractivity contribution in [2.45, 2.75) is 12.4 Å². The molecule has 0 radical (unpaired) electrons. The molecule has 0 unspecified atom stereocenters. The van der Waals surface area contributed by atoms with Gasteiger partial charge in [-0.2, -0.15) is 30.7 Å². The molecule has 2 aromatic heterocycles. The van der Waals surface area contributed by atoms with Gasteiger partial charge >= 0.3 is 12.4 Å². The number of amides is 1. The standard InChI is InChI=1S/C24H14F7N5O/c25-19-10-9-13(11-33-19)16(20(32)37)12-36-22(15-6-2-4-8-18(15)24(29,30)31)34-21(35-36)14-5-1-3-7-17(14)23(26,27)28/h1-12H,(H2,32,37). The molecule has 190 valence electrons. The Morgan fingerprint density at radius 3 is 1.95 bits per heavy atom. The topological polar surface area (TPSA) is 86.7 Å². The van der Waals surface area contributed by atoms with E-state index in [0.29, 0.717) is 0 Å². The number of aromatic nitrogens is 4. The van der Waals surface area contributed by atoms with Crippen LogP contribution in [0.5, 0.6) is 0 Å². The van der Waals surface area contributed by atoms with Gasteiger partial charge in [0, 0.05) is 29.1 Å². The minimum Gasteiger partial charge on any atom is -0.366 e. The number of hydrogen-bond donors (Lipinski definition) is 1. The van der Waals surface area contributed by atoms with Crippen molar-refractivity contribution in [1.82, 2.24) is 19.7 Å². The Labute approximate surface area is 203 Å². The molecule has 2 aromatic carbocycles. The van der Waals surface area contributed by atoms with Crippen LogP contribution in [0.3, 0.4) is 0 Å². The summed E-state index contributed by atoms with van der Waals surface area (Å²) in [6.07, 6.45) is -7.83. The molecular formula is C24H14F7N5O. The van der Waals surface area contributed by atoms with Gasteiger partial charge in [0.2, 0.25) is 5.95 Å². The Morgan fingerprint density at radius 2 is 1.41 bits per heavy atom. The van der Waals surface area contributed by atoms with Crippen molar-refractivity contribution in [1.29, 1.82) is 0 Å². The molecule has 0 atom stereocenters. The van der Waals surface area contributed by atoms with E-state index in [1.54, 1.807) is 0 Å². The Hall–Kier alpha value is -4.55. The molecule has 0 aliphatic carbocycles. The lowest BCUT2D eigenvalue weighted by atomic mass is 10.1. The number of benzene rings is 2. The summed E-state index contributed by atoms with van der Waals surface area (Å²) in [7, 11) is 0. The molecule has 6 nitrogen and oxygen atoms in total. The van der Waals surface area contributed by atoms with Crippen molar-refractivity contribution in [2.24, 2.45) is 5.73 Å². The third-order valence-electron chi connectivity index (χ3n) is 5.13. The fraction of sp³-hybridized carbons (Fsp3) is 0.0833. The lowest BCUT2D eigenvalue weighted by Gasteiger charge is -2.12. The summed E-state index contributed by atoms with van der Waals surface area (Å²) in [4.78, 5) is 19.6. The monoisotopic (exact) mass is 521 g/mol. The molecule has 0 aliphatic heterocycles. The highest BCUT2D eigenvalue weighted by Gasteiger charge is 2.37. The largest absolute Gasteiger partial charge is 0.417 e. The van der Waals surface area contributed by atoms with Gasteiger partial charge in [-0.05, 0) is 24.3 Å². The summed E-state index contributed by atoms with van der Waals surface area (Å²) in [5, 5.41) is 3.98. The molecule has 2 heterocycles. The highest BCUT2D eigenvalue weighted by molar-refractivity contribution is 6.22. The molecule has 4 aromatic rings. The molecule has 0 spiro atoms. The molecule has 2 N–H and O–H groups in total. The Morgan fingerprint density at radius 1 is 0.838 bits per heavy atom. The quantitative estimate of drug-likeness (QED) is 0.208. The Bertz CT molecular complexity index is 1490. The van der Waals surface area contributed by atoms with Gasteiger partial charge in [0.15, 0.2) is 11.6 Å². The molecule has 0 bridgehead atoms. The van der Waals surface area contributed by atoms with Crippen LogP contribution in [0, 0.1) is 5.95 Å². The van der Waals surface area contributed by atoms with Crippen molar-refractivity contribution in [3.63, 3.8) is 0 Å². The van der Waals surface area contributed by atoms with E-state index in [-0.39, 0.29) is 11.1 Å². The van der Waals surface area contributed by atoms with Crippen LogP contribution in [-0.2, 0) is 17.1 Å². The van der Waals surface area contributed by atoms with E-state index in [4.69, 9.17) is 5.73 Å². The summed E-state index contributed by atoms with van der Waals surface area (Å²) < 4.78 is 96.2. The molecule has 37 heavy (non-hydrogen) atoms. The van der Waals surface area contributed by atoms with Gasteiger partial charge in [-0.25, -0.2) is 14.6 Å². The van der Waals surface area contributed by atoms with Crippen LogP contribution in [0.2, 0.25) is 0 Å². The van der Waals surface area contributed by atoms with Gasteiger partial charge in [0.1, 0.15) is 0 Å². The molecule has 1 amide bonds. The van der Waals surface area contributed by atoms with Crippen molar-refractivity contribution < 1.29 is 35.5 Å². The van der Waals surface area contributed by atoms with Crippen LogP contribution < -0.4 is 5.73 Å². The van der Waals surface area contributed by atoms with Crippen LogP contribution in [0.25, 0.3) is 34.5 Å². The number of halogens is 7. The number of nitrogens with two attached hydrogens (primary N) is 1. The third-order valence-corrected chi connectivity index (χ3v) is 5.13. The summed E-state index contributed by atoms with van der Waals surface area (Å²) in [5.74, 6) is -3.04. The Kier molecular flexibility index (Phi) is 6.55. The first-order valence-corrected chi connectivity index (χ1v) is 10.3. The smallest absolute Gasteiger partial charge is 0.366 e. The van der Waals surface area contributed by atoms with Gasteiger partial charge in [0.05, 0.1) is 16.7 Å². The van der Waals surface area contributed by atoms with Crippen LogP contribution in [0.15, 0.2) is 66.9 Å². The number of carbonyl (C=O) groups excluding carboxylic acids is 1. The van der Waals surface area contributed by atoms with E-state index < -0.39 is 58.1 Å². The fourth-order valence-electron chi connectivity index (χ4n) is 3.50. The lowest BCUT2D eigenvalue weighted by Crippen LogP contribution is -2.15. The van der Waals surface area contributed by atoms with E-state index in [9.17, 15) is 35.5 Å². The zero-order valence-corrected chi connectivity index (χ0v) is 18.3. The first-order valence-electron chi connectivity index (χ1n) is 10.3. The zero-order valence-electron chi connectivity index (χ0n) is 18.3. The van der Waals surface area contributed by atoms with Gasteiger partial charge in [-0.15, -0.1) is 5.10 Å². The number of hydrogen-bond acceptors (Lipinski definition) is 4. The van der Waals surface area contributed by atoms with Crippen LogP contribution in [0.4, 0.5) is 30.7 Å². The summed E-state index contributed by atoms with van der Waals surface area (Å²) in [5.41, 5.74) is 1.76. The number of primary amides is 1. The Balaban J connectivity index is 2.02. The maximum atomic E-state index is 13.8. The predicted octanol–water partition coefficient (Wildman–Crippen LogP) is 5.67. The van der Waals surface area contributed by atoms with E-state index in [1.165, 1.54) is 12.1 Å². The second kappa shape index (κ2) is 9.48. The molecule has 4 rings (SSSR count). The number of carbonyl (C=O) groups is 1. The number of nitrogens with zero attached hydrogens (tertiary/aromatic N) is 4. The van der Waals surface area contributed by atoms with Gasteiger partial charge < -0.3 is 5.73 Å². The van der Waals surface area contributed by atoms with E-state index in [2.05, 4.69) is 15.1 Å². The summed E-state index contributed by atoms with van der Waals surface area (Å²) in [6.45, 7) is 0. The van der Waals surface area contributed by atoms with Crippen molar-refractivity contribution in [2.75, 3.05) is 0 Å². The maximum Gasteiger partial charge on any atom is 0.417 e. The second-order valence-corrected chi connectivity index (χ2v) is 7.57. The van der Waals surface area contributed by atoms with Gasteiger partial charge in [0.25, 0.3) is 5.91 Å². The minimum atomic E-state index is -4.85. The van der Waals surface area contributed by atoms with Gasteiger partial charge in [-0.1, -0.05) is 36.4 Å². The van der Waals surface area contributed by atoms with Crippen molar-refractivity contribution in [3.05, 3.63) is 89.5 Å². The lowest BCUT2D eigenvalue weighted by molar-refractivity contribution is -0.137. The number of alkyl halides is 6. The van der Waals surface area contributed by atoms with Crippen molar-refractivity contribution in [3.8, 4) is 22.8 Å². The highest BCUT2D eigenvalue weighted by atomic mass is 19.4. The molecular weight excluding hydrogens is 507 g/mol. The summed E-state index contributed by atoms with van der Waals surface area (Å²) in [6, 6.07) is 10.5. The van der Waals surface area contributed by atoms with Crippen molar-refractivity contribution >= 4 is 17.7 Å². The number of rotatable bonds is 5. The fourth-order valence-corrected chi connectivity index (χ4v) is 3.50. The van der Waals surface area contributed by atoms with E-state index in [0.717, 1.165) is 65.6 Å². The average Bonchev–Trinajstić information content (AvgIpc) is 3.26. The number of pyridine rings is 1. The van der Waals surface area contributed by atoms with Gasteiger partial charge in [-0.3, -0.25) is 4.79 Å². The zero-order chi connectivity index (χ0) is 27.0. The first-order chi connectivity index (χ1) is 17.4. The van der Waals surface area contributed by atoms with Crippen LogP contribution in [0.1, 0.15) is 16.7 Å². The molecule has 13 heteroatoms. The van der Waals surface area contributed by atoms with E-state index >= 15 is 0 Å². The average molecular weight is 521 g/mol. The third kappa shape index (κ3) is 5.34. The highest BCUT2D eigenvalue weighted by Crippen LogP contribution is 2.39. The van der Waals surface area contributed by atoms with E-state index in [1.807, 2.05) is 0 Å².